The lowest BCUT2D eigenvalue weighted by atomic mass is 10.2. The number of hydrogen-bond acceptors (Lipinski definition) is 2. The van der Waals surface area contributed by atoms with Crippen molar-refractivity contribution in [3.8, 4) is 0 Å². The molecule has 0 radical (unpaired) electrons. The summed E-state index contributed by atoms with van der Waals surface area (Å²) >= 11 is 0. The summed E-state index contributed by atoms with van der Waals surface area (Å²) in [5.41, 5.74) is 2.06. The van der Waals surface area contributed by atoms with Crippen LogP contribution in [0.4, 0.5) is 10.5 Å². The Hall–Kier alpha value is -2.30. The zero-order chi connectivity index (χ0) is 13.5. The summed E-state index contributed by atoms with van der Waals surface area (Å²) in [6.07, 6.45) is 0.653. The van der Waals surface area contributed by atoms with E-state index in [1.54, 1.807) is 44.2 Å². The highest BCUT2D eigenvalue weighted by Crippen LogP contribution is 2.11. The molecule has 96 valence electrons. The average Bonchev–Trinajstić information content (AvgIpc) is 2.35. The molecule has 0 aliphatic carbocycles. The first kappa shape index (κ1) is 13.8. The Labute approximate surface area is 106 Å². The van der Waals surface area contributed by atoms with E-state index in [-0.39, 0.29) is 12.5 Å². The van der Waals surface area contributed by atoms with E-state index in [1.165, 1.54) is 0 Å². The van der Waals surface area contributed by atoms with Crippen LogP contribution in [0.1, 0.15) is 19.4 Å². The maximum atomic E-state index is 11.6. The summed E-state index contributed by atoms with van der Waals surface area (Å²) in [6.45, 7) is 3.73. The van der Waals surface area contributed by atoms with E-state index in [0.29, 0.717) is 11.3 Å². The van der Waals surface area contributed by atoms with Crippen LogP contribution in [0.2, 0.25) is 0 Å². The number of carboxylic acid groups (broad SMARTS) is 1. The van der Waals surface area contributed by atoms with Gasteiger partial charge in [-0.2, -0.15) is 0 Å². The minimum absolute atomic E-state index is 0.166. The summed E-state index contributed by atoms with van der Waals surface area (Å²) in [5, 5.41) is 13.5. The fourth-order valence-corrected chi connectivity index (χ4v) is 1.30. The van der Waals surface area contributed by atoms with Crippen LogP contribution in [0.3, 0.4) is 0 Å². The van der Waals surface area contributed by atoms with Crippen molar-refractivity contribution in [2.45, 2.75) is 20.4 Å². The number of rotatable bonds is 4. The fourth-order valence-electron chi connectivity index (χ4n) is 1.30. The van der Waals surface area contributed by atoms with Crippen LogP contribution in [0.15, 0.2) is 35.9 Å². The smallest absolute Gasteiger partial charge is 0.404 e. The van der Waals surface area contributed by atoms with Crippen LogP contribution in [0.25, 0.3) is 0 Å². The van der Waals surface area contributed by atoms with Crippen molar-refractivity contribution in [1.82, 2.24) is 5.32 Å². The Balaban J connectivity index is 2.70. The molecule has 2 amide bonds. The zero-order valence-corrected chi connectivity index (χ0v) is 10.4. The molecular weight excluding hydrogens is 232 g/mol. The number of carbonyl (C=O) groups is 2. The average molecular weight is 248 g/mol. The van der Waals surface area contributed by atoms with Crippen LogP contribution in [-0.4, -0.2) is 17.1 Å². The second-order valence-electron chi connectivity index (χ2n) is 3.78. The van der Waals surface area contributed by atoms with Gasteiger partial charge < -0.3 is 15.7 Å². The first-order chi connectivity index (χ1) is 8.52. The minimum Gasteiger partial charge on any atom is -0.465 e. The van der Waals surface area contributed by atoms with E-state index in [4.69, 9.17) is 5.11 Å². The lowest BCUT2D eigenvalue weighted by Gasteiger charge is -2.07. The van der Waals surface area contributed by atoms with Crippen LogP contribution in [0, 0.1) is 0 Å². The molecule has 3 N–H and O–H groups in total. The molecule has 0 fully saturated rings. The highest BCUT2D eigenvalue weighted by atomic mass is 16.4. The fraction of sp³-hybridized carbons (Fsp3) is 0.231. The molecule has 0 unspecified atom stereocenters. The third kappa shape index (κ3) is 4.29. The third-order valence-electron chi connectivity index (χ3n) is 2.42. The van der Waals surface area contributed by atoms with Crippen molar-refractivity contribution in [2.75, 3.05) is 5.32 Å². The van der Waals surface area contributed by atoms with Gasteiger partial charge in [0.05, 0.1) is 0 Å². The topological polar surface area (TPSA) is 78.4 Å². The molecular formula is C13H16N2O3. The Kier molecular flexibility index (Phi) is 4.92. The van der Waals surface area contributed by atoms with Gasteiger partial charge in [-0.25, -0.2) is 4.79 Å². The Morgan fingerprint density at radius 2 is 2.11 bits per heavy atom. The number of hydrogen-bond donors (Lipinski definition) is 3. The lowest BCUT2D eigenvalue weighted by Crippen LogP contribution is -2.20. The SMILES string of the molecule is CC=C(C)C(=O)Nc1cccc(CNC(=O)O)c1. The van der Waals surface area contributed by atoms with Gasteiger partial charge in [0.1, 0.15) is 0 Å². The molecule has 1 rings (SSSR count). The Morgan fingerprint density at radius 3 is 2.72 bits per heavy atom. The summed E-state index contributed by atoms with van der Waals surface area (Å²) in [4.78, 5) is 22.0. The number of amides is 2. The molecule has 0 saturated heterocycles. The van der Waals surface area contributed by atoms with Gasteiger partial charge in [0.15, 0.2) is 0 Å². The van der Waals surface area contributed by atoms with E-state index in [0.717, 1.165) is 5.56 Å². The molecule has 0 spiro atoms. The van der Waals surface area contributed by atoms with E-state index in [1.807, 2.05) is 0 Å². The molecule has 5 heteroatoms. The molecule has 5 nitrogen and oxygen atoms in total. The number of allylic oxidation sites excluding steroid dienone is 1. The van der Waals surface area contributed by atoms with Gasteiger partial charge in [0, 0.05) is 17.8 Å². The molecule has 0 aliphatic heterocycles. The predicted octanol–water partition coefficient (Wildman–Crippen LogP) is 2.36. The molecule has 0 saturated carbocycles. The molecule has 0 aliphatic rings. The Morgan fingerprint density at radius 1 is 1.39 bits per heavy atom. The second-order valence-corrected chi connectivity index (χ2v) is 3.78. The second kappa shape index (κ2) is 6.44. The standard InChI is InChI=1S/C13H16N2O3/c1-3-9(2)12(16)15-11-6-4-5-10(7-11)8-14-13(17)18/h3-7,14H,8H2,1-2H3,(H,15,16)(H,17,18). The molecule has 0 bridgehead atoms. The molecule has 1 aromatic carbocycles. The first-order valence-corrected chi connectivity index (χ1v) is 5.53. The molecule has 0 aromatic heterocycles. The summed E-state index contributed by atoms with van der Waals surface area (Å²) < 4.78 is 0. The van der Waals surface area contributed by atoms with Gasteiger partial charge in [0.2, 0.25) is 0 Å². The van der Waals surface area contributed by atoms with Gasteiger partial charge in [0.25, 0.3) is 5.91 Å². The van der Waals surface area contributed by atoms with Crippen molar-refractivity contribution in [2.24, 2.45) is 0 Å². The maximum Gasteiger partial charge on any atom is 0.404 e. The van der Waals surface area contributed by atoms with Gasteiger partial charge in [-0.05, 0) is 31.5 Å². The van der Waals surface area contributed by atoms with Crippen LogP contribution < -0.4 is 10.6 Å². The van der Waals surface area contributed by atoms with Crippen LogP contribution >= 0.6 is 0 Å². The minimum atomic E-state index is -1.07. The number of anilines is 1. The first-order valence-electron chi connectivity index (χ1n) is 5.53. The van der Waals surface area contributed by atoms with E-state index in [2.05, 4.69) is 10.6 Å². The van der Waals surface area contributed by atoms with Crippen molar-refractivity contribution >= 4 is 17.7 Å². The lowest BCUT2D eigenvalue weighted by molar-refractivity contribution is -0.112. The quantitative estimate of drug-likeness (QED) is 0.716. The van der Waals surface area contributed by atoms with Gasteiger partial charge in [-0.3, -0.25) is 4.79 Å². The van der Waals surface area contributed by atoms with Crippen LogP contribution in [-0.2, 0) is 11.3 Å². The van der Waals surface area contributed by atoms with Gasteiger partial charge in [-0.15, -0.1) is 0 Å². The van der Waals surface area contributed by atoms with Gasteiger partial charge in [-0.1, -0.05) is 18.2 Å². The van der Waals surface area contributed by atoms with E-state index in [9.17, 15) is 9.59 Å². The molecule has 0 heterocycles. The van der Waals surface area contributed by atoms with Crippen molar-refractivity contribution in [3.05, 3.63) is 41.5 Å². The van der Waals surface area contributed by atoms with Crippen molar-refractivity contribution < 1.29 is 14.7 Å². The number of benzene rings is 1. The summed E-state index contributed by atoms with van der Waals surface area (Å²) in [5.74, 6) is -0.166. The highest BCUT2D eigenvalue weighted by Gasteiger charge is 2.04. The summed E-state index contributed by atoms with van der Waals surface area (Å²) in [7, 11) is 0. The molecule has 18 heavy (non-hydrogen) atoms. The number of nitrogens with one attached hydrogen (secondary N) is 2. The monoisotopic (exact) mass is 248 g/mol. The van der Waals surface area contributed by atoms with Crippen molar-refractivity contribution in [3.63, 3.8) is 0 Å². The zero-order valence-electron chi connectivity index (χ0n) is 10.4. The largest absolute Gasteiger partial charge is 0.465 e. The maximum absolute atomic E-state index is 11.6. The van der Waals surface area contributed by atoms with Crippen LogP contribution in [0.5, 0.6) is 0 Å². The number of carbonyl (C=O) groups excluding carboxylic acids is 1. The van der Waals surface area contributed by atoms with Crippen molar-refractivity contribution in [1.29, 1.82) is 0 Å². The highest BCUT2D eigenvalue weighted by molar-refractivity contribution is 6.03. The molecule has 1 aromatic rings. The third-order valence-corrected chi connectivity index (χ3v) is 2.42. The Bertz CT molecular complexity index is 481. The van der Waals surface area contributed by atoms with Gasteiger partial charge >= 0.3 is 6.09 Å². The summed E-state index contributed by atoms with van der Waals surface area (Å²) in [6, 6.07) is 7.04. The normalized spacial score (nSPS) is 10.9. The van der Waals surface area contributed by atoms with E-state index < -0.39 is 6.09 Å². The predicted molar refractivity (Wildman–Crippen MR) is 69.4 cm³/mol. The van der Waals surface area contributed by atoms with E-state index >= 15 is 0 Å². The molecule has 0 atom stereocenters.